The van der Waals surface area contributed by atoms with Gasteiger partial charge in [-0.2, -0.15) is 0 Å². The van der Waals surface area contributed by atoms with E-state index in [0.717, 1.165) is 19.5 Å². The van der Waals surface area contributed by atoms with Crippen LogP contribution in [0.1, 0.15) is 31.2 Å². The molecule has 0 unspecified atom stereocenters. The van der Waals surface area contributed by atoms with Crippen LogP contribution in [0, 0.1) is 0 Å². The van der Waals surface area contributed by atoms with Gasteiger partial charge in [0, 0.05) is 24.5 Å². The van der Waals surface area contributed by atoms with E-state index in [1.54, 1.807) is 0 Å². The molecule has 0 spiro atoms. The van der Waals surface area contributed by atoms with Crippen molar-refractivity contribution in [1.82, 2.24) is 9.88 Å². The second-order valence-electron chi connectivity index (χ2n) is 5.06. The first-order valence-corrected chi connectivity index (χ1v) is 6.04. The van der Waals surface area contributed by atoms with Gasteiger partial charge in [0.05, 0.1) is 0 Å². The van der Waals surface area contributed by atoms with Gasteiger partial charge in [0.1, 0.15) is 0 Å². The van der Waals surface area contributed by atoms with Crippen molar-refractivity contribution in [3.8, 4) is 0 Å². The summed E-state index contributed by atoms with van der Waals surface area (Å²) in [5.74, 6) is 0. The molecule has 16 heavy (non-hydrogen) atoms. The molecule has 2 N–H and O–H groups in total. The van der Waals surface area contributed by atoms with Crippen LogP contribution in [0.4, 0.5) is 0 Å². The molecule has 3 heteroatoms. The smallest absolute Gasteiger partial charge is 0.0312 e. The Morgan fingerprint density at radius 2 is 2.31 bits per heavy atom. The van der Waals surface area contributed by atoms with Crippen LogP contribution in [-0.4, -0.2) is 29.0 Å². The number of aromatic nitrogens is 1. The highest BCUT2D eigenvalue weighted by atomic mass is 15.1. The minimum atomic E-state index is 0.142. The van der Waals surface area contributed by atoms with Crippen LogP contribution in [0.25, 0.3) is 0 Å². The number of pyridine rings is 1. The molecular formula is C13H21N3. The molecule has 1 saturated carbocycles. The Bertz CT molecular complexity index is 319. The van der Waals surface area contributed by atoms with Crippen LogP contribution in [0.2, 0.25) is 0 Å². The van der Waals surface area contributed by atoms with E-state index in [2.05, 4.69) is 23.0 Å². The molecule has 0 saturated heterocycles. The van der Waals surface area contributed by atoms with Crippen molar-refractivity contribution in [2.45, 2.75) is 37.8 Å². The molecule has 1 aliphatic carbocycles. The second kappa shape index (κ2) is 4.93. The summed E-state index contributed by atoms with van der Waals surface area (Å²) in [7, 11) is 2.15. The Hall–Kier alpha value is -0.930. The monoisotopic (exact) mass is 219 g/mol. The molecule has 1 aliphatic rings. The lowest BCUT2D eigenvalue weighted by atomic mass is 9.75. The zero-order valence-corrected chi connectivity index (χ0v) is 10.0. The number of nitrogens with two attached hydrogens (primary N) is 1. The molecule has 1 fully saturated rings. The maximum absolute atomic E-state index is 6.21. The van der Waals surface area contributed by atoms with E-state index >= 15 is 0 Å². The van der Waals surface area contributed by atoms with Gasteiger partial charge in [-0.1, -0.05) is 6.07 Å². The summed E-state index contributed by atoms with van der Waals surface area (Å²) in [6.45, 7) is 2.04. The predicted molar refractivity (Wildman–Crippen MR) is 66.0 cm³/mol. The van der Waals surface area contributed by atoms with Gasteiger partial charge in [0.2, 0.25) is 0 Å². The van der Waals surface area contributed by atoms with E-state index in [9.17, 15) is 0 Å². The van der Waals surface area contributed by atoms with E-state index < -0.39 is 0 Å². The summed E-state index contributed by atoms with van der Waals surface area (Å²) in [5, 5.41) is 0. The minimum absolute atomic E-state index is 0.142. The summed E-state index contributed by atoms with van der Waals surface area (Å²) in [6, 6.07) is 4.10. The Labute approximate surface area is 97.7 Å². The number of hydrogen-bond acceptors (Lipinski definition) is 3. The van der Waals surface area contributed by atoms with Gasteiger partial charge < -0.3 is 10.6 Å². The fraction of sp³-hybridized carbons (Fsp3) is 0.615. The molecule has 2 rings (SSSR count). The van der Waals surface area contributed by atoms with E-state index in [1.807, 2.05) is 18.5 Å². The first-order valence-electron chi connectivity index (χ1n) is 6.04. The van der Waals surface area contributed by atoms with E-state index in [-0.39, 0.29) is 5.54 Å². The zero-order valence-electron chi connectivity index (χ0n) is 10.0. The standard InChI is InChI=1S/C13H21N3/c1-16(9-7-13(14)5-3-6-13)11-12-4-2-8-15-10-12/h2,4,8,10H,3,5-7,9,11,14H2,1H3. The SMILES string of the molecule is CN(CCC1(N)CCC1)Cc1cccnc1. The first kappa shape index (κ1) is 11.6. The lowest BCUT2D eigenvalue weighted by Crippen LogP contribution is -2.48. The fourth-order valence-corrected chi connectivity index (χ4v) is 2.18. The lowest BCUT2D eigenvalue weighted by molar-refractivity contribution is 0.193. The molecule has 88 valence electrons. The summed E-state index contributed by atoms with van der Waals surface area (Å²) in [6.07, 6.45) is 8.57. The predicted octanol–water partition coefficient (Wildman–Crippen LogP) is 1.78. The maximum Gasteiger partial charge on any atom is 0.0312 e. The van der Waals surface area contributed by atoms with Crippen molar-refractivity contribution in [3.63, 3.8) is 0 Å². The van der Waals surface area contributed by atoms with Crippen LogP contribution in [-0.2, 0) is 6.54 Å². The van der Waals surface area contributed by atoms with Gasteiger partial charge in [0.15, 0.2) is 0 Å². The molecular weight excluding hydrogens is 198 g/mol. The highest BCUT2D eigenvalue weighted by Gasteiger charge is 2.31. The van der Waals surface area contributed by atoms with Crippen LogP contribution >= 0.6 is 0 Å². The van der Waals surface area contributed by atoms with Gasteiger partial charge in [-0.05, 0) is 50.9 Å². The largest absolute Gasteiger partial charge is 0.325 e. The normalized spacial score (nSPS) is 18.4. The number of rotatable bonds is 5. The quantitative estimate of drug-likeness (QED) is 0.821. The lowest BCUT2D eigenvalue weighted by Gasteiger charge is -2.39. The Balaban J connectivity index is 1.74. The van der Waals surface area contributed by atoms with Crippen molar-refractivity contribution in [3.05, 3.63) is 30.1 Å². The average molecular weight is 219 g/mol. The number of hydrogen-bond donors (Lipinski definition) is 1. The Kier molecular flexibility index (Phi) is 3.56. The highest BCUT2D eigenvalue weighted by molar-refractivity contribution is 5.08. The Morgan fingerprint density at radius 1 is 1.50 bits per heavy atom. The topological polar surface area (TPSA) is 42.1 Å². The van der Waals surface area contributed by atoms with Gasteiger partial charge in [-0.25, -0.2) is 0 Å². The molecule has 0 aromatic carbocycles. The summed E-state index contributed by atoms with van der Waals surface area (Å²) < 4.78 is 0. The van der Waals surface area contributed by atoms with E-state index in [1.165, 1.54) is 24.8 Å². The summed E-state index contributed by atoms with van der Waals surface area (Å²) in [4.78, 5) is 6.45. The molecule has 1 heterocycles. The molecule has 1 aromatic heterocycles. The van der Waals surface area contributed by atoms with Crippen LogP contribution in [0.3, 0.4) is 0 Å². The van der Waals surface area contributed by atoms with Crippen molar-refractivity contribution in [1.29, 1.82) is 0 Å². The van der Waals surface area contributed by atoms with Gasteiger partial charge >= 0.3 is 0 Å². The average Bonchev–Trinajstić information content (AvgIpc) is 2.25. The third-order valence-corrected chi connectivity index (χ3v) is 3.52. The Morgan fingerprint density at radius 3 is 2.88 bits per heavy atom. The van der Waals surface area contributed by atoms with E-state index in [0.29, 0.717) is 0 Å². The first-order chi connectivity index (χ1) is 7.68. The van der Waals surface area contributed by atoms with E-state index in [4.69, 9.17) is 5.73 Å². The van der Waals surface area contributed by atoms with Crippen molar-refractivity contribution < 1.29 is 0 Å². The number of nitrogens with zero attached hydrogens (tertiary/aromatic N) is 2. The van der Waals surface area contributed by atoms with Crippen LogP contribution in [0.15, 0.2) is 24.5 Å². The minimum Gasteiger partial charge on any atom is -0.325 e. The molecule has 0 atom stereocenters. The van der Waals surface area contributed by atoms with Crippen molar-refractivity contribution in [2.75, 3.05) is 13.6 Å². The molecule has 0 radical (unpaired) electrons. The molecule has 1 aromatic rings. The maximum atomic E-state index is 6.21. The van der Waals surface area contributed by atoms with Gasteiger partial charge in [-0.15, -0.1) is 0 Å². The summed E-state index contributed by atoms with van der Waals surface area (Å²) in [5.41, 5.74) is 7.62. The van der Waals surface area contributed by atoms with Crippen LogP contribution in [0.5, 0.6) is 0 Å². The second-order valence-corrected chi connectivity index (χ2v) is 5.06. The molecule has 0 aliphatic heterocycles. The highest BCUT2D eigenvalue weighted by Crippen LogP contribution is 2.32. The van der Waals surface area contributed by atoms with Crippen LogP contribution < -0.4 is 5.73 Å². The van der Waals surface area contributed by atoms with Gasteiger partial charge in [0.25, 0.3) is 0 Å². The third-order valence-electron chi connectivity index (χ3n) is 3.52. The molecule has 3 nitrogen and oxygen atoms in total. The van der Waals surface area contributed by atoms with Gasteiger partial charge in [-0.3, -0.25) is 4.98 Å². The zero-order chi connectivity index (χ0) is 11.4. The summed E-state index contributed by atoms with van der Waals surface area (Å²) >= 11 is 0. The fourth-order valence-electron chi connectivity index (χ4n) is 2.18. The van der Waals surface area contributed by atoms with Crippen molar-refractivity contribution >= 4 is 0 Å². The third kappa shape index (κ3) is 3.03. The molecule has 0 bridgehead atoms. The van der Waals surface area contributed by atoms with Crippen molar-refractivity contribution in [2.24, 2.45) is 5.73 Å². The molecule has 0 amide bonds.